The van der Waals surface area contributed by atoms with Crippen molar-refractivity contribution in [3.8, 4) is 5.75 Å². The Morgan fingerprint density at radius 3 is 2.53 bits per heavy atom. The molecule has 0 fully saturated rings. The van der Waals surface area contributed by atoms with Crippen LogP contribution in [0.3, 0.4) is 0 Å². The van der Waals surface area contributed by atoms with Gasteiger partial charge in [0, 0.05) is 0 Å². The first-order valence-corrected chi connectivity index (χ1v) is 6.42. The van der Waals surface area contributed by atoms with E-state index in [0.717, 1.165) is 16.9 Å². The Kier molecular flexibility index (Phi) is 3.10. The molecule has 2 atom stereocenters. The molecule has 1 N–H and O–H groups in total. The van der Waals surface area contributed by atoms with E-state index in [-0.39, 0.29) is 6.10 Å². The van der Waals surface area contributed by atoms with E-state index in [1.165, 1.54) is 5.56 Å². The molecule has 3 rings (SSSR count). The number of benzene rings is 2. The van der Waals surface area contributed by atoms with E-state index >= 15 is 0 Å². The fourth-order valence-corrected chi connectivity index (χ4v) is 2.29. The number of hydrogen-bond donors (Lipinski definition) is 1. The summed E-state index contributed by atoms with van der Waals surface area (Å²) in [7, 11) is 0. The predicted molar refractivity (Wildman–Crippen MR) is 76.0 cm³/mol. The molecule has 1 aliphatic carbocycles. The topological polar surface area (TPSA) is 29.5 Å². The van der Waals surface area contributed by atoms with Gasteiger partial charge in [0.1, 0.15) is 18.0 Å². The summed E-state index contributed by atoms with van der Waals surface area (Å²) in [5.74, 6) is 0.777. The normalized spacial score (nSPS) is 20.9. The number of aliphatic hydroxyl groups excluding tert-OH is 1. The largest absolute Gasteiger partial charge is 0.483 e. The first kappa shape index (κ1) is 12.0. The van der Waals surface area contributed by atoms with Gasteiger partial charge in [0.05, 0.1) is 0 Å². The van der Waals surface area contributed by atoms with Crippen molar-refractivity contribution in [2.75, 3.05) is 0 Å². The summed E-state index contributed by atoms with van der Waals surface area (Å²) in [6, 6.07) is 15.7. The van der Waals surface area contributed by atoms with Crippen LogP contribution in [0.4, 0.5) is 0 Å². The van der Waals surface area contributed by atoms with E-state index in [9.17, 15) is 5.11 Å². The van der Waals surface area contributed by atoms with E-state index in [4.69, 9.17) is 4.74 Å². The third kappa shape index (κ3) is 2.40. The van der Waals surface area contributed by atoms with Crippen molar-refractivity contribution in [3.63, 3.8) is 0 Å². The van der Waals surface area contributed by atoms with Gasteiger partial charge in [-0.2, -0.15) is 0 Å². The lowest BCUT2D eigenvalue weighted by atomic mass is 9.93. The fraction of sp³-hybridized carbons (Fsp3) is 0.176. The van der Waals surface area contributed by atoms with Gasteiger partial charge in [0.15, 0.2) is 0 Å². The molecule has 0 heterocycles. The molecule has 0 radical (unpaired) electrons. The van der Waals surface area contributed by atoms with Gasteiger partial charge in [-0.05, 0) is 36.3 Å². The van der Waals surface area contributed by atoms with Gasteiger partial charge in [-0.1, -0.05) is 48.0 Å². The fourth-order valence-electron chi connectivity index (χ4n) is 2.29. The Hall–Kier alpha value is -2.06. The molecule has 0 spiro atoms. The van der Waals surface area contributed by atoms with Crippen molar-refractivity contribution >= 4 is 6.08 Å². The number of fused-ring (bicyclic) bond motifs is 1. The molecule has 0 aromatic heterocycles. The number of rotatable bonds is 2. The first-order valence-electron chi connectivity index (χ1n) is 6.42. The highest BCUT2D eigenvalue weighted by atomic mass is 16.5. The second kappa shape index (κ2) is 4.90. The van der Waals surface area contributed by atoms with Gasteiger partial charge in [-0.15, -0.1) is 0 Å². The summed E-state index contributed by atoms with van der Waals surface area (Å²) in [5.41, 5.74) is 3.17. The third-order valence-corrected chi connectivity index (χ3v) is 3.38. The van der Waals surface area contributed by atoms with E-state index in [1.54, 1.807) is 0 Å². The van der Waals surface area contributed by atoms with Crippen molar-refractivity contribution in [2.45, 2.75) is 19.1 Å². The molecular weight excluding hydrogens is 236 g/mol. The minimum Gasteiger partial charge on any atom is -0.483 e. The van der Waals surface area contributed by atoms with E-state index < -0.39 is 6.10 Å². The lowest BCUT2D eigenvalue weighted by Gasteiger charge is -2.26. The first-order chi connectivity index (χ1) is 9.24. The molecule has 96 valence electrons. The molecule has 19 heavy (non-hydrogen) atoms. The van der Waals surface area contributed by atoms with Crippen molar-refractivity contribution < 1.29 is 9.84 Å². The summed E-state index contributed by atoms with van der Waals surface area (Å²) >= 11 is 0. The summed E-state index contributed by atoms with van der Waals surface area (Å²) in [6.07, 6.45) is 2.95. The van der Waals surface area contributed by atoms with Gasteiger partial charge in [-0.3, -0.25) is 0 Å². The summed E-state index contributed by atoms with van der Waals surface area (Å²) < 4.78 is 5.84. The quantitative estimate of drug-likeness (QED) is 0.886. The predicted octanol–water partition coefficient (Wildman–Crippen LogP) is 3.50. The second-order valence-corrected chi connectivity index (χ2v) is 4.83. The minimum atomic E-state index is -0.623. The molecule has 0 amide bonds. The van der Waals surface area contributed by atoms with E-state index in [1.807, 2.05) is 67.6 Å². The van der Waals surface area contributed by atoms with Gasteiger partial charge in [0.2, 0.25) is 0 Å². The molecule has 0 saturated heterocycles. The van der Waals surface area contributed by atoms with Crippen LogP contribution < -0.4 is 4.74 Å². The van der Waals surface area contributed by atoms with Gasteiger partial charge < -0.3 is 9.84 Å². The molecule has 0 unspecified atom stereocenters. The van der Waals surface area contributed by atoms with E-state index in [0.29, 0.717) is 0 Å². The average molecular weight is 252 g/mol. The maximum atomic E-state index is 10.4. The molecular formula is C17H16O2. The molecule has 2 nitrogen and oxygen atoms in total. The summed E-state index contributed by atoms with van der Waals surface area (Å²) in [6.45, 7) is 2.04. The van der Waals surface area contributed by atoms with Crippen LogP contribution in [-0.2, 0) is 0 Å². The smallest absolute Gasteiger partial charge is 0.147 e. The molecule has 0 aliphatic heterocycles. The van der Waals surface area contributed by atoms with Crippen LogP contribution in [0, 0.1) is 6.92 Å². The van der Waals surface area contributed by atoms with Crippen molar-refractivity contribution in [3.05, 3.63) is 71.3 Å². The van der Waals surface area contributed by atoms with Crippen LogP contribution in [0.15, 0.2) is 54.6 Å². The van der Waals surface area contributed by atoms with Gasteiger partial charge in [-0.25, -0.2) is 0 Å². The highest BCUT2D eigenvalue weighted by Gasteiger charge is 2.25. The van der Waals surface area contributed by atoms with Crippen LogP contribution in [0.25, 0.3) is 6.08 Å². The van der Waals surface area contributed by atoms with Crippen molar-refractivity contribution in [1.29, 1.82) is 0 Å². The SMILES string of the molecule is Cc1ccc(O[C@H]2C=Cc3ccccc3[C@@H]2O)cc1. The monoisotopic (exact) mass is 252 g/mol. The van der Waals surface area contributed by atoms with Crippen LogP contribution >= 0.6 is 0 Å². The number of aliphatic hydroxyl groups is 1. The number of aryl methyl sites for hydroxylation is 1. The minimum absolute atomic E-state index is 0.336. The zero-order chi connectivity index (χ0) is 13.2. The molecule has 2 heteroatoms. The number of ether oxygens (including phenoxy) is 1. The molecule has 0 bridgehead atoms. The zero-order valence-corrected chi connectivity index (χ0v) is 10.8. The average Bonchev–Trinajstić information content (AvgIpc) is 2.45. The number of hydrogen-bond acceptors (Lipinski definition) is 2. The second-order valence-electron chi connectivity index (χ2n) is 4.83. The Morgan fingerprint density at radius 1 is 1.00 bits per heavy atom. The Bertz CT molecular complexity index is 599. The van der Waals surface area contributed by atoms with Crippen molar-refractivity contribution in [2.24, 2.45) is 0 Å². The Morgan fingerprint density at radius 2 is 1.74 bits per heavy atom. The zero-order valence-electron chi connectivity index (χ0n) is 10.8. The third-order valence-electron chi connectivity index (χ3n) is 3.38. The maximum absolute atomic E-state index is 10.4. The highest BCUT2D eigenvalue weighted by Crippen LogP contribution is 2.30. The lowest BCUT2D eigenvalue weighted by Crippen LogP contribution is -2.25. The maximum Gasteiger partial charge on any atom is 0.147 e. The van der Waals surface area contributed by atoms with Gasteiger partial charge in [0.25, 0.3) is 0 Å². The van der Waals surface area contributed by atoms with Crippen LogP contribution in [0.5, 0.6) is 5.75 Å². The van der Waals surface area contributed by atoms with Crippen molar-refractivity contribution in [1.82, 2.24) is 0 Å². The Labute approximate surface area is 113 Å². The standard InChI is InChI=1S/C17H16O2/c1-12-6-9-14(10-7-12)19-16-11-8-13-4-2-3-5-15(13)17(16)18/h2-11,16-18H,1H3/t16-,17-/m0/s1. The molecule has 0 saturated carbocycles. The Balaban J connectivity index is 1.83. The van der Waals surface area contributed by atoms with Gasteiger partial charge >= 0.3 is 0 Å². The summed E-state index contributed by atoms with van der Waals surface area (Å²) in [5, 5.41) is 10.4. The van der Waals surface area contributed by atoms with Crippen LogP contribution in [0.2, 0.25) is 0 Å². The molecule has 2 aromatic carbocycles. The van der Waals surface area contributed by atoms with Crippen LogP contribution in [-0.4, -0.2) is 11.2 Å². The lowest BCUT2D eigenvalue weighted by molar-refractivity contribution is 0.0623. The highest BCUT2D eigenvalue weighted by molar-refractivity contribution is 5.58. The molecule has 2 aromatic rings. The molecule has 1 aliphatic rings. The van der Waals surface area contributed by atoms with E-state index in [2.05, 4.69) is 0 Å². The van der Waals surface area contributed by atoms with Crippen LogP contribution in [0.1, 0.15) is 22.8 Å². The summed E-state index contributed by atoms with van der Waals surface area (Å²) in [4.78, 5) is 0.